The highest BCUT2D eigenvalue weighted by molar-refractivity contribution is 6.22. The fourth-order valence-electron chi connectivity index (χ4n) is 4.08. The minimum atomic E-state index is -0.0982. The predicted octanol–water partition coefficient (Wildman–Crippen LogP) is 4.33. The third-order valence-corrected chi connectivity index (χ3v) is 5.62. The zero-order valence-corrected chi connectivity index (χ0v) is 16.7. The van der Waals surface area contributed by atoms with Crippen molar-refractivity contribution >= 4 is 11.7 Å². The van der Waals surface area contributed by atoms with Gasteiger partial charge in [0.2, 0.25) is 0 Å². The number of ketones is 1. The van der Waals surface area contributed by atoms with Crippen LogP contribution in [-0.4, -0.2) is 36.3 Å². The average molecular weight is 399 g/mol. The van der Waals surface area contributed by atoms with Crippen molar-refractivity contribution < 1.29 is 19.1 Å². The Morgan fingerprint density at radius 2 is 1.60 bits per heavy atom. The van der Waals surface area contributed by atoms with Crippen LogP contribution < -0.4 is 9.47 Å². The molecule has 0 N–H and O–H groups in total. The molecule has 0 bridgehead atoms. The number of benzene rings is 3. The van der Waals surface area contributed by atoms with Crippen molar-refractivity contribution in [1.29, 1.82) is 0 Å². The number of nitrogens with zero attached hydrogens (tertiary/aromatic N) is 1. The Kier molecular flexibility index (Phi) is 4.51. The van der Waals surface area contributed by atoms with Gasteiger partial charge in [0.05, 0.1) is 0 Å². The summed E-state index contributed by atoms with van der Waals surface area (Å²) in [4.78, 5) is 27.7. The lowest BCUT2D eigenvalue weighted by Gasteiger charge is -2.23. The summed E-state index contributed by atoms with van der Waals surface area (Å²) in [6, 6.07) is 18.7. The van der Waals surface area contributed by atoms with Crippen LogP contribution in [0.5, 0.6) is 11.5 Å². The van der Waals surface area contributed by atoms with Gasteiger partial charge in [-0.15, -0.1) is 0 Å². The molecule has 1 amide bonds. The highest BCUT2D eigenvalue weighted by Gasteiger charge is 2.28. The Balaban J connectivity index is 1.41. The van der Waals surface area contributed by atoms with Crippen LogP contribution in [-0.2, 0) is 6.54 Å². The lowest BCUT2D eigenvalue weighted by atomic mass is 10.0. The third-order valence-electron chi connectivity index (χ3n) is 5.62. The van der Waals surface area contributed by atoms with E-state index in [4.69, 9.17) is 9.47 Å². The normalized spacial score (nSPS) is 13.6. The standard InChI is InChI=1S/C25H21NO4/c1-2-26(15-16-7-10-22-23(13-16)30-12-11-29-22)25(28)17-8-9-19-18-5-3-4-6-20(18)24(27)21(19)14-17/h3-10,13-14H,2,11-12,15H2,1H3. The average Bonchev–Trinajstić information content (AvgIpc) is 3.08. The summed E-state index contributed by atoms with van der Waals surface area (Å²) in [7, 11) is 0. The first kappa shape index (κ1) is 18.4. The minimum absolute atomic E-state index is 0.0230. The zero-order valence-electron chi connectivity index (χ0n) is 16.7. The van der Waals surface area contributed by atoms with Crippen LogP contribution >= 0.6 is 0 Å². The first-order valence-electron chi connectivity index (χ1n) is 10.1. The van der Waals surface area contributed by atoms with Gasteiger partial charge in [0.25, 0.3) is 5.91 Å². The number of hydrogen-bond donors (Lipinski definition) is 0. The van der Waals surface area contributed by atoms with Crippen LogP contribution in [0.1, 0.15) is 38.8 Å². The van der Waals surface area contributed by atoms with Crippen LogP contribution in [0.25, 0.3) is 11.1 Å². The molecule has 5 heteroatoms. The first-order chi connectivity index (χ1) is 14.7. The molecule has 5 nitrogen and oxygen atoms in total. The van der Waals surface area contributed by atoms with E-state index >= 15 is 0 Å². The highest BCUT2D eigenvalue weighted by Crippen LogP contribution is 2.37. The van der Waals surface area contributed by atoms with Gasteiger partial charge >= 0.3 is 0 Å². The number of amides is 1. The molecular weight excluding hydrogens is 378 g/mol. The molecule has 0 fully saturated rings. The lowest BCUT2D eigenvalue weighted by molar-refractivity contribution is 0.0752. The van der Waals surface area contributed by atoms with E-state index in [1.54, 1.807) is 11.0 Å². The van der Waals surface area contributed by atoms with Crippen molar-refractivity contribution in [3.8, 4) is 22.6 Å². The largest absolute Gasteiger partial charge is 0.486 e. The maximum atomic E-state index is 13.2. The molecule has 0 radical (unpaired) electrons. The van der Waals surface area contributed by atoms with Crippen molar-refractivity contribution in [2.24, 2.45) is 0 Å². The van der Waals surface area contributed by atoms with E-state index in [1.165, 1.54) is 0 Å². The summed E-state index contributed by atoms with van der Waals surface area (Å²) in [5, 5.41) is 0. The Hall–Kier alpha value is -3.60. The molecule has 5 rings (SSSR count). The van der Waals surface area contributed by atoms with Crippen molar-refractivity contribution in [1.82, 2.24) is 4.90 Å². The fourth-order valence-corrected chi connectivity index (χ4v) is 4.08. The second-order valence-corrected chi connectivity index (χ2v) is 7.43. The zero-order chi connectivity index (χ0) is 20.7. The topological polar surface area (TPSA) is 55.8 Å². The van der Waals surface area contributed by atoms with Gasteiger partial charge in [0, 0.05) is 29.8 Å². The van der Waals surface area contributed by atoms with Gasteiger partial charge in [-0.2, -0.15) is 0 Å². The minimum Gasteiger partial charge on any atom is -0.486 e. The van der Waals surface area contributed by atoms with Gasteiger partial charge in [-0.3, -0.25) is 9.59 Å². The highest BCUT2D eigenvalue weighted by atomic mass is 16.6. The van der Waals surface area contributed by atoms with E-state index in [1.807, 2.05) is 61.5 Å². The van der Waals surface area contributed by atoms with E-state index < -0.39 is 0 Å². The van der Waals surface area contributed by atoms with Crippen LogP contribution in [0.3, 0.4) is 0 Å². The van der Waals surface area contributed by atoms with E-state index in [0.717, 1.165) is 22.4 Å². The van der Waals surface area contributed by atoms with Gasteiger partial charge in [-0.1, -0.05) is 36.4 Å². The Morgan fingerprint density at radius 3 is 2.40 bits per heavy atom. The quantitative estimate of drug-likeness (QED) is 0.513. The second kappa shape index (κ2) is 7.34. The number of hydrogen-bond acceptors (Lipinski definition) is 4. The van der Waals surface area contributed by atoms with Crippen LogP contribution in [0.2, 0.25) is 0 Å². The van der Waals surface area contributed by atoms with Gasteiger partial charge in [-0.25, -0.2) is 0 Å². The fraction of sp³-hybridized carbons (Fsp3) is 0.200. The number of carbonyl (C=O) groups is 2. The SMILES string of the molecule is CCN(Cc1ccc2c(c1)OCCO2)C(=O)c1ccc2c(c1)C(=O)c1ccccc1-2. The molecule has 2 aliphatic rings. The number of rotatable bonds is 4. The first-order valence-corrected chi connectivity index (χ1v) is 10.1. The monoisotopic (exact) mass is 399 g/mol. The molecule has 0 spiro atoms. The molecule has 0 atom stereocenters. The Bertz CT molecular complexity index is 1170. The summed E-state index contributed by atoms with van der Waals surface area (Å²) in [6.45, 7) is 4.03. The molecule has 1 heterocycles. The molecule has 0 aromatic heterocycles. The van der Waals surface area contributed by atoms with Crippen molar-refractivity contribution in [3.63, 3.8) is 0 Å². The maximum Gasteiger partial charge on any atom is 0.254 e. The Labute approximate surface area is 174 Å². The summed E-state index contributed by atoms with van der Waals surface area (Å²) < 4.78 is 11.2. The van der Waals surface area contributed by atoms with Crippen molar-refractivity contribution in [2.75, 3.05) is 19.8 Å². The molecule has 0 saturated carbocycles. The lowest BCUT2D eigenvalue weighted by Crippen LogP contribution is -2.30. The molecular formula is C25H21NO4. The summed E-state index contributed by atoms with van der Waals surface area (Å²) in [5.74, 6) is 1.32. The molecule has 0 unspecified atom stereocenters. The van der Waals surface area contributed by atoms with Crippen LogP contribution in [0.15, 0.2) is 60.7 Å². The molecule has 150 valence electrons. The van der Waals surface area contributed by atoms with Gasteiger partial charge in [0.15, 0.2) is 17.3 Å². The summed E-state index contributed by atoms with van der Waals surface area (Å²) in [5.41, 5.74) is 4.61. The smallest absolute Gasteiger partial charge is 0.254 e. The molecule has 1 aliphatic carbocycles. The van der Waals surface area contributed by atoms with Gasteiger partial charge < -0.3 is 14.4 Å². The molecule has 1 aliphatic heterocycles. The van der Waals surface area contributed by atoms with Crippen LogP contribution in [0.4, 0.5) is 0 Å². The van der Waals surface area contributed by atoms with Crippen molar-refractivity contribution in [3.05, 3.63) is 82.9 Å². The summed E-state index contributed by atoms with van der Waals surface area (Å²) >= 11 is 0. The summed E-state index contributed by atoms with van der Waals surface area (Å²) in [6.07, 6.45) is 0. The van der Waals surface area contributed by atoms with E-state index in [2.05, 4.69) is 0 Å². The number of fused-ring (bicyclic) bond motifs is 4. The second-order valence-electron chi connectivity index (χ2n) is 7.43. The molecule has 3 aromatic carbocycles. The van der Waals surface area contributed by atoms with E-state index in [0.29, 0.717) is 48.7 Å². The molecule has 3 aromatic rings. The van der Waals surface area contributed by atoms with E-state index in [9.17, 15) is 9.59 Å². The number of carbonyl (C=O) groups excluding carboxylic acids is 2. The number of ether oxygens (including phenoxy) is 2. The van der Waals surface area contributed by atoms with Gasteiger partial charge in [-0.05, 0) is 47.9 Å². The molecule has 0 saturated heterocycles. The molecule has 30 heavy (non-hydrogen) atoms. The Morgan fingerprint density at radius 1 is 0.867 bits per heavy atom. The van der Waals surface area contributed by atoms with Crippen molar-refractivity contribution in [2.45, 2.75) is 13.5 Å². The van der Waals surface area contributed by atoms with Crippen LogP contribution in [0, 0.1) is 0 Å². The van der Waals surface area contributed by atoms with E-state index in [-0.39, 0.29) is 11.7 Å². The van der Waals surface area contributed by atoms with Gasteiger partial charge in [0.1, 0.15) is 13.2 Å². The maximum absolute atomic E-state index is 13.2. The third kappa shape index (κ3) is 3.03. The predicted molar refractivity (Wildman–Crippen MR) is 113 cm³/mol.